The maximum Gasteiger partial charge on any atom is 0.338 e. The molecule has 0 fully saturated rings. The van der Waals surface area contributed by atoms with Gasteiger partial charge in [0.2, 0.25) is 0 Å². The zero-order chi connectivity index (χ0) is 9.07. The van der Waals surface area contributed by atoms with Gasteiger partial charge in [0.05, 0.1) is 0 Å². The van der Waals surface area contributed by atoms with Crippen LogP contribution in [0.4, 0.5) is 0 Å². The molecular weight excluding hydrogens is 209 g/mol. The van der Waals surface area contributed by atoms with Gasteiger partial charge in [0.25, 0.3) is 0 Å². The van der Waals surface area contributed by atoms with E-state index in [1.165, 1.54) is 13.3 Å². The number of rotatable bonds is 4. The Morgan fingerprint density at radius 1 is 1.09 bits per heavy atom. The molecule has 0 N–H and O–H groups in total. The fourth-order valence-electron chi connectivity index (χ4n) is 0.486. The lowest BCUT2D eigenvalue weighted by atomic mass is 12.0. The molecule has 11 heavy (non-hydrogen) atoms. The SMILES string of the molecule is C[PH](=O)OP(C)(=O)O[PH](C)=O. The second-order valence-electron chi connectivity index (χ2n) is 1.94. The molecule has 0 radical (unpaired) electrons. The van der Waals surface area contributed by atoms with Crippen LogP contribution in [0.25, 0.3) is 0 Å². The molecule has 0 spiro atoms. The van der Waals surface area contributed by atoms with Crippen molar-refractivity contribution in [1.29, 1.82) is 0 Å². The quantitative estimate of drug-likeness (QED) is 0.678. The minimum absolute atomic E-state index is 1.14. The zero-order valence-electron chi connectivity index (χ0n) is 6.49. The molecule has 8 heteroatoms. The van der Waals surface area contributed by atoms with Crippen LogP contribution in [-0.2, 0) is 22.3 Å². The van der Waals surface area contributed by atoms with Crippen molar-refractivity contribution in [3.63, 3.8) is 0 Å². The fourth-order valence-corrected chi connectivity index (χ4v) is 4.71. The summed E-state index contributed by atoms with van der Waals surface area (Å²) in [6, 6.07) is 0. The van der Waals surface area contributed by atoms with E-state index in [2.05, 4.69) is 8.62 Å². The van der Waals surface area contributed by atoms with Gasteiger partial charge in [-0.3, -0.25) is 22.3 Å². The van der Waals surface area contributed by atoms with Gasteiger partial charge >= 0.3 is 7.60 Å². The van der Waals surface area contributed by atoms with Crippen LogP contribution in [0.3, 0.4) is 0 Å². The Morgan fingerprint density at radius 2 is 1.36 bits per heavy atom. The van der Waals surface area contributed by atoms with Crippen LogP contribution >= 0.6 is 23.7 Å². The smallest absolute Gasteiger partial charge is 0.296 e. The molecule has 0 aliphatic carbocycles. The van der Waals surface area contributed by atoms with Gasteiger partial charge in [-0.15, -0.1) is 0 Å². The summed E-state index contributed by atoms with van der Waals surface area (Å²) in [4.78, 5) is 0. The summed E-state index contributed by atoms with van der Waals surface area (Å²) in [5, 5.41) is 0. The minimum atomic E-state index is -3.34. The Labute approximate surface area is 66.7 Å². The lowest BCUT2D eigenvalue weighted by Gasteiger charge is -2.09. The monoisotopic (exact) mass is 220 g/mol. The second-order valence-corrected chi connectivity index (χ2v) is 6.91. The van der Waals surface area contributed by atoms with Crippen LogP contribution in [0.5, 0.6) is 0 Å². The van der Waals surface area contributed by atoms with E-state index in [1.54, 1.807) is 0 Å². The van der Waals surface area contributed by atoms with Crippen molar-refractivity contribution in [3.8, 4) is 0 Å². The molecule has 0 aliphatic heterocycles. The summed E-state index contributed by atoms with van der Waals surface area (Å²) in [7, 11) is -7.93. The predicted octanol–water partition coefficient (Wildman–Crippen LogP) is 2.05. The maximum atomic E-state index is 11.0. The third-order valence-electron chi connectivity index (χ3n) is 0.589. The highest BCUT2D eigenvalue weighted by molar-refractivity contribution is 7.66. The Hall–Kier alpha value is 0.610. The van der Waals surface area contributed by atoms with E-state index in [4.69, 9.17) is 0 Å². The first-order valence-corrected chi connectivity index (χ1v) is 8.43. The summed E-state index contributed by atoms with van der Waals surface area (Å²) < 4.78 is 40.9. The average molecular weight is 220 g/mol. The van der Waals surface area contributed by atoms with E-state index >= 15 is 0 Å². The molecule has 0 aliphatic rings. The highest BCUT2D eigenvalue weighted by Gasteiger charge is 2.19. The molecule has 2 unspecified atom stereocenters. The lowest BCUT2D eigenvalue weighted by molar-refractivity contribution is 0.401. The highest BCUT2D eigenvalue weighted by atomic mass is 31.3. The van der Waals surface area contributed by atoms with Crippen molar-refractivity contribution in [2.45, 2.75) is 0 Å². The first-order chi connectivity index (χ1) is 4.83. The van der Waals surface area contributed by atoms with E-state index in [0.717, 1.165) is 6.66 Å². The van der Waals surface area contributed by atoms with E-state index in [-0.39, 0.29) is 0 Å². The van der Waals surface area contributed by atoms with Crippen LogP contribution in [0.1, 0.15) is 0 Å². The summed E-state index contributed by atoms with van der Waals surface area (Å²) in [5.41, 5.74) is 0. The van der Waals surface area contributed by atoms with Crippen molar-refractivity contribution >= 4 is 23.7 Å². The molecule has 0 bridgehead atoms. The third kappa shape index (κ3) is 6.99. The summed E-state index contributed by atoms with van der Waals surface area (Å²) >= 11 is 0. The average Bonchev–Trinajstić information content (AvgIpc) is 1.53. The van der Waals surface area contributed by atoms with Crippen molar-refractivity contribution in [2.24, 2.45) is 0 Å². The summed E-state index contributed by atoms with van der Waals surface area (Å²) in [5.74, 6) is 0. The topological polar surface area (TPSA) is 69.7 Å². The summed E-state index contributed by atoms with van der Waals surface area (Å²) in [6.07, 6.45) is 0. The van der Waals surface area contributed by atoms with Crippen LogP contribution in [0, 0.1) is 0 Å². The first-order valence-electron chi connectivity index (χ1n) is 2.81. The highest BCUT2D eigenvalue weighted by Crippen LogP contribution is 2.56. The molecule has 0 saturated heterocycles. The van der Waals surface area contributed by atoms with Gasteiger partial charge < -0.3 is 0 Å². The minimum Gasteiger partial charge on any atom is -0.296 e. The molecule has 0 saturated carbocycles. The molecule has 68 valence electrons. The molecule has 0 rings (SSSR count). The van der Waals surface area contributed by atoms with Gasteiger partial charge in [-0.2, -0.15) is 0 Å². The van der Waals surface area contributed by atoms with Gasteiger partial charge in [-0.1, -0.05) is 0 Å². The molecule has 5 nitrogen and oxygen atoms in total. The van der Waals surface area contributed by atoms with Gasteiger partial charge in [-0.05, 0) is 0 Å². The van der Waals surface area contributed by atoms with E-state index in [9.17, 15) is 13.7 Å². The number of hydrogen-bond donors (Lipinski definition) is 0. The predicted molar refractivity (Wildman–Crippen MR) is 45.6 cm³/mol. The van der Waals surface area contributed by atoms with Crippen molar-refractivity contribution < 1.29 is 22.3 Å². The van der Waals surface area contributed by atoms with Crippen molar-refractivity contribution in [1.82, 2.24) is 0 Å². The third-order valence-corrected chi connectivity index (χ3v) is 5.30. The van der Waals surface area contributed by atoms with Gasteiger partial charge in [0.15, 0.2) is 16.1 Å². The van der Waals surface area contributed by atoms with Gasteiger partial charge in [-0.25, -0.2) is 0 Å². The van der Waals surface area contributed by atoms with E-state index in [0.29, 0.717) is 0 Å². The Bertz CT molecular complexity index is 203. The van der Waals surface area contributed by atoms with Crippen molar-refractivity contribution in [3.05, 3.63) is 0 Å². The standard InChI is InChI=1S/C3H11O5P3/c1-9(4)7-11(3,6)8-10(2)5/h9-10H,1-3H3. The van der Waals surface area contributed by atoms with Crippen LogP contribution in [0.15, 0.2) is 0 Å². The van der Waals surface area contributed by atoms with Crippen LogP contribution in [-0.4, -0.2) is 20.0 Å². The molecule has 0 amide bonds. The van der Waals surface area contributed by atoms with Gasteiger partial charge in [0, 0.05) is 20.0 Å². The van der Waals surface area contributed by atoms with Crippen LogP contribution in [0.2, 0.25) is 0 Å². The second kappa shape index (κ2) is 4.59. The largest absolute Gasteiger partial charge is 0.338 e. The zero-order valence-corrected chi connectivity index (χ0v) is 9.38. The molecule has 0 heterocycles. The van der Waals surface area contributed by atoms with Crippen molar-refractivity contribution in [2.75, 3.05) is 20.0 Å². The Balaban J connectivity index is 4.12. The summed E-state index contributed by atoms with van der Waals surface area (Å²) in [6.45, 7) is 3.72. The fraction of sp³-hybridized carbons (Fsp3) is 1.00. The maximum absolute atomic E-state index is 11.0. The Morgan fingerprint density at radius 3 is 1.55 bits per heavy atom. The Kier molecular flexibility index (Phi) is 4.85. The first kappa shape index (κ1) is 11.6. The normalized spacial score (nSPS) is 22.1. The van der Waals surface area contributed by atoms with Crippen LogP contribution < -0.4 is 0 Å². The van der Waals surface area contributed by atoms with E-state index < -0.39 is 23.7 Å². The lowest BCUT2D eigenvalue weighted by Crippen LogP contribution is -1.80. The molecule has 0 aromatic rings. The molecule has 0 aromatic carbocycles. The molecular formula is C3H11O5P3. The molecule has 0 aromatic heterocycles. The number of hydrogen-bond acceptors (Lipinski definition) is 5. The molecule has 2 atom stereocenters. The van der Waals surface area contributed by atoms with Gasteiger partial charge in [0.1, 0.15) is 0 Å². The van der Waals surface area contributed by atoms with E-state index in [1.807, 2.05) is 0 Å².